The van der Waals surface area contributed by atoms with Gasteiger partial charge in [0.25, 0.3) is 0 Å². The molecule has 1 saturated carbocycles. The van der Waals surface area contributed by atoms with Crippen LogP contribution in [0, 0.1) is 91.9 Å². The van der Waals surface area contributed by atoms with Crippen LogP contribution in [0.1, 0.15) is 36.1 Å². The summed E-state index contributed by atoms with van der Waals surface area (Å²) in [5, 5.41) is 37.1. The highest BCUT2D eigenvalue weighted by molar-refractivity contribution is 6.05. The van der Waals surface area contributed by atoms with Gasteiger partial charge in [0.1, 0.15) is 35.4 Å². The van der Waals surface area contributed by atoms with Crippen LogP contribution in [-0.4, -0.2) is 0 Å². The predicted octanol–water partition coefficient (Wildman–Crippen LogP) is 7.85. The van der Waals surface area contributed by atoms with Gasteiger partial charge in [-0.3, -0.25) is 0 Å². The fraction of sp³-hybridized carbons (Fsp3) is 0.0714. The molecule has 1 fully saturated rings. The first-order valence-corrected chi connectivity index (χ1v) is 10.9. The van der Waals surface area contributed by atoms with Gasteiger partial charge in [0.15, 0.2) is 58.2 Å². The maximum atomic E-state index is 14.9. The van der Waals surface area contributed by atoms with E-state index in [0.717, 1.165) is 26.0 Å². The Balaban J connectivity index is 2.67. The maximum absolute atomic E-state index is 14.9. The van der Waals surface area contributed by atoms with Crippen LogP contribution in [0.15, 0.2) is 46.1 Å². The van der Waals surface area contributed by atoms with Crippen LogP contribution in [0.2, 0.25) is 0 Å². The monoisotopic (exact) mass is 590 g/mol. The minimum absolute atomic E-state index is 0.731. The Morgan fingerprint density at radius 2 is 0.976 bits per heavy atom. The zero-order valence-electron chi connectivity index (χ0n) is 20.8. The van der Waals surface area contributed by atoms with Gasteiger partial charge in [-0.1, -0.05) is 6.58 Å². The highest BCUT2D eigenvalue weighted by Gasteiger charge is 2.44. The van der Waals surface area contributed by atoms with Crippen LogP contribution in [-0.2, 0) is 0 Å². The van der Waals surface area contributed by atoms with Crippen molar-refractivity contribution in [2.45, 2.75) is 13.8 Å². The molecule has 4 nitrogen and oxygen atoms in total. The second-order valence-corrected chi connectivity index (χ2v) is 8.30. The molecule has 0 N–H and O–H groups in total. The lowest BCUT2D eigenvalue weighted by Crippen LogP contribution is -2.06. The van der Waals surface area contributed by atoms with Gasteiger partial charge < -0.3 is 0 Å². The normalized spacial score (nSPS) is 16.4. The number of allylic oxidation sites excluding steroid dienone is 9. The van der Waals surface area contributed by atoms with Gasteiger partial charge >= 0.3 is 0 Å². The molecule has 0 atom stereocenters. The second kappa shape index (κ2) is 11.1. The Kier molecular flexibility index (Phi) is 8.18. The molecule has 14 heteroatoms. The van der Waals surface area contributed by atoms with Crippen LogP contribution in [0.25, 0.3) is 11.1 Å². The van der Waals surface area contributed by atoms with Crippen molar-refractivity contribution in [3.05, 3.63) is 115 Å². The summed E-state index contributed by atoms with van der Waals surface area (Å²) in [6.07, 6.45) is 0. The topological polar surface area (TPSA) is 95.2 Å². The van der Waals surface area contributed by atoms with E-state index in [0.29, 0.717) is 0 Å². The lowest BCUT2D eigenvalue weighted by Gasteiger charge is -2.09. The van der Waals surface area contributed by atoms with E-state index in [1.807, 2.05) is 0 Å². The van der Waals surface area contributed by atoms with E-state index < -0.39 is 119 Å². The average Bonchev–Trinajstić information content (AvgIpc) is 3.68. The summed E-state index contributed by atoms with van der Waals surface area (Å²) in [6.45, 7) is 4.20. The summed E-state index contributed by atoms with van der Waals surface area (Å²) in [4.78, 5) is 0. The molecule has 0 unspecified atom stereocenters. The molecule has 1 aliphatic carbocycles. The average molecular weight is 590 g/mol. The molecular weight excluding hydrogens is 582 g/mol. The van der Waals surface area contributed by atoms with Crippen molar-refractivity contribution in [1.29, 1.82) is 21.0 Å². The van der Waals surface area contributed by atoms with Crippen molar-refractivity contribution in [1.82, 2.24) is 0 Å². The van der Waals surface area contributed by atoms with Gasteiger partial charge in [-0.2, -0.15) is 21.0 Å². The van der Waals surface area contributed by atoms with E-state index in [4.69, 9.17) is 10.5 Å². The highest BCUT2D eigenvalue weighted by atomic mass is 19.2. The molecule has 0 heterocycles. The first-order valence-electron chi connectivity index (χ1n) is 10.9. The van der Waals surface area contributed by atoms with Gasteiger partial charge in [0, 0.05) is 16.7 Å². The van der Waals surface area contributed by atoms with Crippen LogP contribution in [0.3, 0.4) is 0 Å². The van der Waals surface area contributed by atoms with E-state index in [1.165, 1.54) is 12.1 Å². The highest BCUT2D eigenvalue weighted by Crippen LogP contribution is 2.56. The van der Waals surface area contributed by atoms with Gasteiger partial charge in [-0.25, -0.2) is 43.9 Å². The standard InChI is InChI=1S/C28H8F10N4/c1-8(20(30)10(3)29)11(4-39)17-15(9(2)16-25(35)21(31)13(6-41)22(32)26(16)36)18(17)12(5-40)19-27(37)23(33)14(7-42)24(34)28(19)38/h3H2,1-2H3/b15-9?,17-11?,18-12?,20-8-. The lowest BCUT2D eigenvalue weighted by molar-refractivity contribution is 0.446. The molecule has 0 spiro atoms. The maximum Gasteiger partial charge on any atom is 0.180 e. The van der Waals surface area contributed by atoms with Crippen LogP contribution < -0.4 is 0 Å². The SMILES string of the molecule is C=C(F)/C(F)=C(\C)C(C#N)=C1C(=C(C)c2c(F)c(F)c(C#N)c(F)c2F)C1=C(C#N)c1c(F)c(F)c(C#N)c(F)c1F. The van der Waals surface area contributed by atoms with E-state index in [2.05, 4.69) is 6.58 Å². The zero-order valence-corrected chi connectivity index (χ0v) is 20.8. The summed E-state index contributed by atoms with van der Waals surface area (Å²) in [5.74, 6) is -21.3. The molecule has 0 amide bonds. The zero-order chi connectivity index (χ0) is 32.0. The third-order valence-corrected chi connectivity index (χ3v) is 6.10. The second-order valence-electron chi connectivity index (χ2n) is 8.30. The molecule has 0 bridgehead atoms. The van der Waals surface area contributed by atoms with Crippen molar-refractivity contribution in [3.8, 4) is 24.3 Å². The van der Waals surface area contributed by atoms with Crippen LogP contribution in [0.4, 0.5) is 43.9 Å². The van der Waals surface area contributed by atoms with Crippen LogP contribution >= 0.6 is 0 Å². The molecular formula is C28H8F10N4. The number of rotatable bonds is 4. The largest absolute Gasteiger partial charge is 0.204 e. The fourth-order valence-corrected chi connectivity index (χ4v) is 4.07. The molecule has 0 saturated heterocycles. The van der Waals surface area contributed by atoms with Crippen molar-refractivity contribution < 1.29 is 43.9 Å². The van der Waals surface area contributed by atoms with E-state index in [9.17, 15) is 54.4 Å². The Hall–Kier alpha value is -5.60. The van der Waals surface area contributed by atoms with Crippen molar-refractivity contribution in [2.24, 2.45) is 0 Å². The molecule has 2 aromatic rings. The van der Waals surface area contributed by atoms with Crippen molar-refractivity contribution in [2.75, 3.05) is 0 Å². The molecule has 42 heavy (non-hydrogen) atoms. The molecule has 0 aromatic heterocycles. The minimum Gasteiger partial charge on any atom is -0.204 e. The number of halogens is 10. The third-order valence-electron chi connectivity index (χ3n) is 6.10. The Labute approximate surface area is 229 Å². The summed E-state index contributed by atoms with van der Waals surface area (Å²) in [7, 11) is 0. The predicted molar refractivity (Wildman–Crippen MR) is 124 cm³/mol. The minimum atomic E-state index is -2.29. The van der Waals surface area contributed by atoms with Gasteiger partial charge in [0.2, 0.25) is 0 Å². The fourth-order valence-electron chi connectivity index (χ4n) is 4.07. The van der Waals surface area contributed by atoms with Crippen molar-refractivity contribution >= 4 is 11.1 Å². The molecule has 210 valence electrons. The van der Waals surface area contributed by atoms with Crippen LogP contribution in [0.5, 0.6) is 0 Å². The molecule has 0 radical (unpaired) electrons. The number of nitrogens with zero attached hydrogens (tertiary/aromatic N) is 4. The summed E-state index contributed by atoms with van der Waals surface area (Å²) < 4.78 is 145. The Bertz CT molecular complexity index is 1890. The smallest absolute Gasteiger partial charge is 0.180 e. The first kappa shape index (κ1) is 30.9. The third kappa shape index (κ3) is 4.49. The van der Waals surface area contributed by atoms with E-state index in [-0.39, 0.29) is 0 Å². The Morgan fingerprint density at radius 1 is 0.571 bits per heavy atom. The van der Waals surface area contributed by atoms with Gasteiger partial charge in [-0.05, 0) is 25.0 Å². The van der Waals surface area contributed by atoms with E-state index in [1.54, 1.807) is 0 Å². The number of benzene rings is 2. The molecule has 1 aliphatic rings. The molecule has 3 rings (SSSR count). The summed E-state index contributed by atoms with van der Waals surface area (Å²) >= 11 is 0. The quantitative estimate of drug-likeness (QED) is 0.157. The number of hydrogen-bond donors (Lipinski definition) is 0. The van der Waals surface area contributed by atoms with Gasteiger partial charge in [0.05, 0.1) is 22.3 Å². The van der Waals surface area contributed by atoms with Gasteiger partial charge in [-0.15, -0.1) is 0 Å². The molecule has 2 aromatic carbocycles. The first-order chi connectivity index (χ1) is 19.6. The number of hydrogen-bond acceptors (Lipinski definition) is 4. The molecule has 0 aliphatic heterocycles. The summed E-state index contributed by atoms with van der Waals surface area (Å²) in [5.41, 5.74) is -13.3. The summed E-state index contributed by atoms with van der Waals surface area (Å²) in [6, 6.07) is 4.33. The lowest BCUT2D eigenvalue weighted by atomic mass is 9.99. The Morgan fingerprint density at radius 3 is 1.31 bits per heavy atom. The van der Waals surface area contributed by atoms with Crippen molar-refractivity contribution in [3.63, 3.8) is 0 Å². The van der Waals surface area contributed by atoms with E-state index >= 15 is 0 Å². The number of nitriles is 4.